The van der Waals surface area contributed by atoms with Crippen molar-refractivity contribution in [2.45, 2.75) is 10.7 Å². The van der Waals surface area contributed by atoms with Gasteiger partial charge in [-0.15, -0.1) is 0 Å². The maximum absolute atomic E-state index is 14.6. The number of halogens is 2. The summed E-state index contributed by atoms with van der Waals surface area (Å²) in [5.74, 6) is -3.45. The quantitative estimate of drug-likeness (QED) is 0.628. The third-order valence-corrected chi connectivity index (χ3v) is 4.82. The molecule has 0 amide bonds. The van der Waals surface area contributed by atoms with E-state index in [0.29, 0.717) is 0 Å². The van der Waals surface area contributed by atoms with Gasteiger partial charge in [0.1, 0.15) is 11.6 Å². The Morgan fingerprint density at radius 1 is 1.16 bits per heavy atom. The average molecular weight is 367 g/mol. The molecule has 1 heterocycles. The van der Waals surface area contributed by atoms with Crippen LogP contribution in [-0.4, -0.2) is 20.6 Å². The first-order valence-electron chi connectivity index (χ1n) is 7.07. The van der Waals surface area contributed by atoms with Crippen LogP contribution in [0.25, 0.3) is 11.1 Å². The Kier molecular flexibility index (Phi) is 3.98. The van der Waals surface area contributed by atoms with E-state index in [1.807, 2.05) is 0 Å². The van der Waals surface area contributed by atoms with Crippen molar-refractivity contribution in [3.8, 4) is 11.1 Å². The number of nitrogens with two attached hydrogens (primary N) is 2. The van der Waals surface area contributed by atoms with Crippen LogP contribution in [0.1, 0.15) is 5.56 Å². The van der Waals surface area contributed by atoms with E-state index in [4.69, 9.17) is 11.5 Å². The highest BCUT2D eigenvalue weighted by atomic mass is 32.2. The number of hydrogen-bond acceptors (Lipinski definition) is 7. The Bertz CT molecular complexity index is 970. The fraction of sp³-hybridized carbons (Fsp3) is 0.133. The molecule has 0 saturated carbocycles. The van der Waals surface area contributed by atoms with Crippen LogP contribution in [0.4, 0.5) is 8.78 Å². The summed E-state index contributed by atoms with van der Waals surface area (Å²) in [5, 5.41) is 0. The Hall–Kier alpha value is -2.56. The van der Waals surface area contributed by atoms with E-state index in [1.54, 1.807) is 0 Å². The van der Waals surface area contributed by atoms with E-state index >= 15 is 0 Å². The summed E-state index contributed by atoms with van der Waals surface area (Å²) in [4.78, 5) is 3.82. The molecule has 2 aromatic carbocycles. The summed E-state index contributed by atoms with van der Waals surface area (Å²) in [6, 6.07) is 7.42. The Morgan fingerprint density at radius 3 is 2.32 bits per heavy atom. The molecule has 132 valence electrons. The van der Waals surface area contributed by atoms with Gasteiger partial charge in [-0.25, -0.2) is 22.2 Å². The Balaban J connectivity index is 2.11. The number of rotatable bonds is 3. The van der Waals surface area contributed by atoms with Crippen LogP contribution in [0.15, 0.2) is 46.3 Å². The number of aliphatic imine (C=N–C) groups is 1. The molecule has 0 aromatic heterocycles. The molecule has 2 aromatic rings. The third-order valence-electron chi connectivity index (χ3n) is 3.71. The van der Waals surface area contributed by atoms with E-state index in [2.05, 4.69) is 15.8 Å². The van der Waals surface area contributed by atoms with Gasteiger partial charge < -0.3 is 5.73 Å². The molecule has 0 radical (unpaired) electrons. The molecule has 0 spiro atoms. The second-order valence-corrected chi connectivity index (χ2v) is 7.64. The van der Waals surface area contributed by atoms with Crippen LogP contribution in [-0.2, 0) is 15.6 Å². The molecule has 0 fully saturated rings. The third kappa shape index (κ3) is 3.18. The molecule has 1 aliphatic rings. The minimum absolute atomic E-state index is 0.0125. The lowest BCUT2D eigenvalue weighted by atomic mass is 10.00. The zero-order valence-corrected chi connectivity index (χ0v) is 13.9. The van der Waals surface area contributed by atoms with E-state index in [0.717, 1.165) is 18.4 Å². The molecule has 6 N–H and O–H groups in total. The molecule has 10 heteroatoms. The van der Waals surface area contributed by atoms with Gasteiger partial charge in [-0.1, -0.05) is 12.1 Å². The minimum atomic E-state index is -3.51. The summed E-state index contributed by atoms with van der Waals surface area (Å²) in [6.07, 6.45) is 1.02. The number of nitrogens with zero attached hydrogens (tertiary/aromatic N) is 1. The summed E-state index contributed by atoms with van der Waals surface area (Å²) in [7, 11) is -3.51. The van der Waals surface area contributed by atoms with Gasteiger partial charge in [0, 0.05) is 11.8 Å². The number of nitrogens with one attached hydrogen (secondary N) is 2. The van der Waals surface area contributed by atoms with Crippen LogP contribution in [0, 0.1) is 11.6 Å². The van der Waals surface area contributed by atoms with Gasteiger partial charge in [0.25, 0.3) is 0 Å². The predicted octanol–water partition coefficient (Wildman–Crippen LogP) is 0.527. The maximum Gasteiger partial charge on any atom is 0.209 e. The molecule has 7 nitrogen and oxygen atoms in total. The van der Waals surface area contributed by atoms with Gasteiger partial charge in [-0.2, -0.15) is 5.43 Å². The normalized spacial score (nSPS) is 20.2. The Labute approximate surface area is 142 Å². The van der Waals surface area contributed by atoms with E-state index in [1.165, 1.54) is 24.3 Å². The number of sulfone groups is 1. The second-order valence-electron chi connectivity index (χ2n) is 5.63. The maximum atomic E-state index is 14.6. The zero-order valence-electron chi connectivity index (χ0n) is 13.0. The summed E-state index contributed by atoms with van der Waals surface area (Å²) < 4.78 is 52.4. The van der Waals surface area contributed by atoms with Crippen LogP contribution >= 0.6 is 0 Å². The van der Waals surface area contributed by atoms with Gasteiger partial charge in [-0.05, 0) is 29.8 Å². The Morgan fingerprint density at radius 2 is 1.80 bits per heavy atom. The van der Waals surface area contributed by atoms with Crippen LogP contribution in [0.5, 0.6) is 0 Å². The lowest BCUT2D eigenvalue weighted by Gasteiger charge is -2.21. The standard InChI is InChI=1S/C15H15F2N5O2S/c1-25(23,24)10-4-2-3-8(5-10)13-11(16)6-9(7-12(13)17)15(19)20-14(18)21-22-15/h2-7,22H,19H2,1H3,(H3,18,20,21). The van der Waals surface area contributed by atoms with Crippen molar-refractivity contribution in [1.82, 2.24) is 10.9 Å². The van der Waals surface area contributed by atoms with Gasteiger partial charge in [0.05, 0.1) is 10.5 Å². The van der Waals surface area contributed by atoms with Gasteiger partial charge in [0.2, 0.25) is 11.7 Å². The molecule has 1 atom stereocenters. The van der Waals surface area contributed by atoms with Gasteiger partial charge in [-0.3, -0.25) is 11.2 Å². The molecule has 1 aliphatic heterocycles. The van der Waals surface area contributed by atoms with Crippen molar-refractivity contribution in [2.24, 2.45) is 16.5 Å². The van der Waals surface area contributed by atoms with Crippen LogP contribution in [0.3, 0.4) is 0 Å². The lowest BCUT2D eigenvalue weighted by molar-refractivity contribution is 0.371. The van der Waals surface area contributed by atoms with E-state index in [9.17, 15) is 17.2 Å². The minimum Gasteiger partial charge on any atom is -0.369 e. The van der Waals surface area contributed by atoms with Crippen molar-refractivity contribution in [3.05, 3.63) is 53.6 Å². The molecule has 0 bridgehead atoms. The first kappa shape index (κ1) is 17.3. The fourth-order valence-corrected chi connectivity index (χ4v) is 3.16. The van der Waals surface area contributed by atoms with Crippen molar-refractivity contribution < 1.29 is 17.2 Å². The van der Waals surface area contributed by atoms with E-state index < -0.39 is 27.3 Å². The summed E-state index contributed by atoms with van der Waals surface area (Å²) >= 11 is 0. The predicted molar refractivity (Wildman–Crippen MR) is 88.7 cm³/mol. The van der Waals surface area contributed by atoms with Crippen LogP contribution < -0.4 is 22.3 Å². The highest BCUT2D eigenvalue weighted by Crippen LogP contribution is 2.31. The molecular formula is C15H15F2N5O2S. The van der Waals surface area contributed by atoms with Crippen LogP contribution in [0.2, 0.25) is 0 Å². The van der Waals surface area contributed by atoms with Crippen molar-refractivity contribution in [1.29, 1.82) is 0 Å². The first-order chi connectivity index (χ1) is 11.6. The van der Waals surface area contributed by atoms with Gasteiger partial charge >= 0.3 is 0 Å². The number of hydrazine groups is 1. The fourth-order valence-electron chi connectivity index (χ4n) is 2.49. The molecular weight excluding hydrogens is 352 g/mol. The summed E-state index contributed by atoms with van der Waals surface area (Å²) in [5.41, 5.74) is 16.1. The van der Waals surface area contributed by atoms with E-state index in [-0.39, 0.29) is 27.5 Å². The highest BCUT2D eigenvalue weighted by Gasteiger charge is 2.33. The molecule has 0 saturated heterocycles. The number of hydrogen-bond donors (Lipinski definition) is 4. The lowest BCUT2D eigenvalue weighted by Crippen LogP contribution is -2.50. The average Bonchev–Trinajstić information content (AvgIpc) is 2.87. The molecule has 25 heavy (non-hydrogen) atoms. The molecule has 1 unspecified atom stereocenters. The first-order valence-corrected chi connectivity index (χ1v) is 8.97. The SMILES string of the molecule is CS(=O)(=O)c1cccc(-c2c(F)cc(C3(N)N=C(N)NN3)cc2F)c1. The smallest absolute Gasteiger partial charge is 0.209 e. The molecule has 0 aliphatic carbocycles. The molecule has 3 rings (SSSR count). The summed E-state index contributed by atoms with van der Waals surface area (Å²) in [6.45, 7) is 0. The van der Waals surface area contributed by atoms with Crippen molar-refractivity contribution in [2.75, 3.05) is 6.26 Å². The topological polar surface area (TPSA) is 123 Å². The number of benzene rings is 2. The largest absolute Gasteiger partial charge is 0.369 e. The van der Waals surface area contributed by atoms with Gasteiger partial charge in [0.15, 0.2) is 9.84 Å². The monoisotopic (exact) mass is 367 g/mol. The number of guanidine groups is 1. The highest BCUT2D eigenvalue weighted by molar-refractivity contribution is 7.90. The second kappa shape index (κ2) is 5.76. The van der Waals surface area contributed by atoms with Crippen molar-refractivity contribution in [3.63, 3.8) is 0 Å². The van der Waals surface area contributed by atoms with Crippen molar-refractivity contribution >= 4 is 15.8 Å². The zero-order chi connectivity index (χ0) is 18.4.